The predicted molar refractivity (Wildman–Crippen MR) is 71.3 cm³/mol. The van der Waals surface area contributed by atoms with Crippen molar-refractivity contribution in [2.75, 3.05) is 13.7 Å². The number of rotatable bonds is 5. The normalized spacial score (nSPS) is 11.8. The number of carboxylic acid groups (broad SMARTS) is 1. The van der Waals surface area contributed by atoms with E-state index in [2.05, 4.69) is 0 Å². The second-order valence-corrected chi connectivity index (χ2v) is 4.58. The molecule has 0 saturated heterocycles. The lowest BCUT2D eigenvalue weighted by Crippen LogP contribution is -2.42. The zero-order valence-corrected chi connectivity index (χ0v) is 11.6. The van der Waals surface area contributed by atoms with E-state index in [0.29, 0.717) is 5.75 Å². The van der Waals surface area contributed by atoms with Gasteiger partial charge in [-0.05, 0) is 32.4 Å². The highest BCUT2D eigenvalue weighted by atomic mass is 16.5. The lowest BCUT2D eigenvalue weighted by molar-refractivity contribution is -0.148. The number of ether oxygens (including phenoxy) is 1. The Bertz CT molecular complexity index is 484. The molecule has 1 unspecified atom stereocenters. The minimum atomic E-state index is -1.04. The fraction of sp³-hybridized carbons (Fsp3) is 0.429. The molecule has 1 atom stereocenters. The van der Waals surface area contributed by atoms with Crippen LogP contribution >= 0.6 is 0 Å². The second kappa shape index (κ2) is 6.22. The summed E-state index contributed by atoms with van der Waals surface area (Å²) in [4.78, 5) is 23.7. The molecule has 1 rings (SSSR count). The van der Waals surface area contributed by atoms with E-state index in [9.17, 15) is 9.59 Å². The van der Waals surface area contributed by atoms with Crippen LogP contribution in [0.1, 0.15) is 18.1 Å². The van der Waals surface area contributed by atoms with Crippen molar-refractivity contribution in [2.45, 2.75) is 26.8 Å². The van der Waals surface area contributed by atoms with Gasteiger partial charge in [0.15, 0.2) is 6.61 Å². The zero-order chi connectivity index (χ0) is 14.6. The first-order valence-electron chi connectivity index (χ1n) is 6.01. The molecule has 0 radical (unpaired) electrons. The molecular formula is C14H19NO4. The third kappa shape index (κ3) is 3.98. The van der Waals surface area contributed by atoms with E-state index >= 15 is 0 Å². The number of carbonyl (C=O) groups is 2. The molecule has 0 heterocycles. The van der Waals surface area contributed by atoms with Gasteiger partial charge in [0.1, 0.15) is 11.8 Å². The van der Waals surface area contributed by atoms with E-state index in [1.165, 1.54) is 14.0 Å². The Morgan fingerprint density at radius 1 is 1.37 bits per heavy atom. The molecule has 0 spiro atoms. The summed E-state index contributed by atoms with van der Waals surface area (Å²) in [6.45, 7) is 5.16. The Balaban J connectivity index is 2.61. The van der Waals surface area contributed by atoms with E-state index in [-0.39, 0.29) is 12.5 Å². The summed E-state index contributed by atoms with van der Waals surface area (Å²) in [6.07, 6.45) is 0. The largest absolute Gasteiger partial charge is 0.484 e. The Hall–Kier alpha value is -2.04. The van der Waals surface area contributed by atoms with Crippen LogP contribution in [0.4, 0.5) is 0 Å². The number of aliphatic carboxylic acids is 1. The van der Waals surface area contributed by atoms with Crippen molar-refractivity contribution in [1.82, 2.24) is 4.90 Å². The standard InChI is InChI=1S/C14H19NO4/c1-9-5-6-12(10(2)7-9)19-8-13(16)15(4)11(3)14(17)18/h5-7,11H,8H2,1-4H3,(H,17,18). The molecule has 5 nitrogen and oxygen atoms in total. The first-order chi connectivity index (χ1) is 8.82. The average molecular weight is 265 g/mol. The molecule has 0 fully saturated rings. The lowest BCUT2D eigenvalue weighted by Gasteiger charge is -2.21. The molecule has 0 aliphatic heterocycles. The molecule has 1 aromatic rings. The van der Waals surface area contributed by atoms with Crippen molar-refractivity contribution in [3.8, 4) is 5.75 Å². The van der Waals surface area contributed by atoms with Crippen LogP contribution in [0.3, 0.4) is 0 Å². The maximum atomic E-state index is 11.8. The van der Waals surface area contributed by atoms with Crippen LogP contribution in [0.15, 0.2) is 18.2 Å². The van der Waals surface area contributed by atoms with Gasteiger partial charge in [-0.25, -0.2) is 4.79 Å². The monoisotopic (exact) mass is 265 g/mol. The molecule has 104 valence electrons. The zero-order valence-electron chi connectivity index (χ0n) is 11.6. The van der Waals surface area contributed by atoms with Crippen LogP contribution in [0.2, 0.25) is 0 Å². The molecule has 0 bridgehead atoms. The fourth-order valence-corrected chi connectivity index (χ4v) is 1.58. The number of hydrogen-bond acceptors (Lipinski definition) is 3. The summed E-state index contributed by atoms with van der Waals surface area (Å²) < 4.78 is 5.42. The van der Waals surface area contributed by atoms with Crippen LogP contribution in [0.5, 0.6) is 5.75 Å². The average Bonchev–Trinajstić information content (AvgIpc) is 2.35. The molecule has 5 heteroatoms. The number of nitrogens with zero attached hydrogens (tertiary/aromatic N) is 1. The number of carboxylic acids is 1. The van der Waals surface area contributed by atoms with E-state index < -0.39 is 12.0 Å². The van der Waals surface area contributed by atoms with Crippen molar-refractivity contribution in [3.63, 3.8) is 0 Å². The first-order valence-corrected chi connectivity index (χ1v) is 6.01. The van der Waals surface area contributed by atoms with Gasteiger partial charge in [0, 0.05) is 7.05 Å². The third-order valence-corrected chi connectivity index (χ3v) is 3.01. The minimum Gasteiger partial charge on any atom is -0.484 e. The number of amides is 1. The van der Waals surface area contributed by atoms with Crippen LogP contribution in [-0.2, 0) is 9.59 Å². The van der Waals surface area contributed by atoms with Crippen LogP contribution in [0, 0.1) is 13.8 Å². The summed E-state index contributed by atoms with van der Waals surface area (Å²) in [5.41, 5.74) is 2.06. The van der Waals surface area contributed by atoms with Gasteiger partial charge in [-0.3, -0.25) is 4.79 Å². The highest BCUT2D eigenvalue weighted by Gasteiger charge is 2.21. The van der Waals surface area contributed by atoms with Crippen molar-refractivity contribution in [3.05, 3.63) is 29.3 Å². The Kier molecular flexibility index (Phi) is 4.92. The Labute approximate surface area is 112 Å². The van der Waals surface area contributed by atoms with Crippen molar-refractivity contribution < 1.29 is 19.4 Å². The smallest absolute Gasteiger partial charge is 0.326 e. The van der Waals surface area contributed by atoms with E-state index in [0.717, 1.165) is 16.0 Å². The number of likely N-dealkylation sites (N-methyl/N-ethyl adjacent to an activating group) is 1. The molecule has 0 saturated carbocycles. The van der Waals surface area contributed by atoms with Gasteiger partial charge >= 0.3 is 5.97 Å². The molecular weight excluding hydrogens is 246 g/mol. The van der Waals surface area contributed by atoms with Gasteiger partial charge in [-0.2, -0.15) is 0 Å². The van der Waals surface area contributed by atoms with Gasteiger partial charge < -0.3 is 14.7 Å². The number of carbonyl (C=O) groups excluding carboxylic acids is 1. The summed E-state index contributed by atoms with van der Waals surface area (Å²) in [7, 11) is 1.45. The molecule has 19 heavy (non-hydrogen) atoms. The fourth-order valence-electron chi connectivity index (χ4n) is 1.58. The molecule has 0 aliphatic rings. The first kappa shape index (κ1) is 15.0. The van der Waals surface area contributed by atoms with Crippen LogP contribution < -0.4 is 4.74 Å². The van der Waals surface area contributed by atoms with E-state index in [1.807, 2.05) is 26.0 Å². The quantitative estimate of drug-likeness (QED) is 0.878. The summed E-state index contributed by atoms with van der Waals surface area (Å²) >= 11 is 0. The third-order valence-electron chi connectivity index (χ3n) is 3.01. The van der Waals surface area contributed by atoms with Gasteiger partial charge in [-0.15, -0.1) is 0 Å². The highest BCUT2D eigenvalue weighted by molar-refractivity contribution is 5.84. The summed E-state index contributed by atoms with van der Waals surface area (Å²) in [6, 6.07) is 4.80. The van der Waals surface area contributed by atoms with E-state index in [4.69, 9.17) is 9.84 Å². The lowest BCUT2D eigenvalue weighted by atomic mass is 10.1. The topological polar surface area (TPSA) is 66.8 Å². The van der Waals surface area contributed by atoms with Gasteiger partial charge in [0.05, 0.1) is 0 Å². The van der Waals surface area contributed by atoms with Gasteiger partial charge in [-0.1, -0.05) is 17.7 Å². The van der Waals surface area contributed by atoms with Gasteiger partial charge in [0.2, 0.25) is 0 Å². The molecule has 1 N–H and O–H groups in total. The number of hydrogen-bond donors (Lipinski definition) is 1. The van der Waals surface area contributed by atoms with Crippen molar-refractivity contribution in [1.29, 1.82) is 0 Å². The number of benzene rings is 1. The summed E-state index contributed by atoms with van der Waals surface area (Å²) in [5, 5.41) is 8.83. The van der Waals surface area contributed by atoms with Crippen molar-refractivity contribution in [2.24, 2.45) is 0 Å². The second-order valence-electron chi connectivity index (χ2n) is 4.58. The molecule has 0 aliphatic carbocycles. The summed E-state index contributed by atoms with van der Waals surface area (Å²) in [5.74, 6) is -0.771. The number of aryl methyl sites for hydroxylation is 2. The highest BCUT2D eigenvalue weighted by Crippen LogP contribution is 2.18. The van der Waals surface area contributed by atoms with E-state index in [1.54, 1.807) is 6.07 Å². The minimum absolute atomic E-state index is 0.169. The Morgan fingerprint density at radius 3 is 2.53 bits per heavy atom. The maximum absolute atomic E-state index is 11.8. The predicted octanol–water partition coefficient (Wildman–Crippen LogP) is 1.61. The van der Waals surface area contributed by atoms with Gasteiger partial charge in [0.25, 0.3) is 5.91 Å². The maximum Gasteiger partial charge on any atom is 0.326 e. The van der Waals surface area contributed by atoms with Crippen LogP contribution in [-0.4, -0.2) is 41.6 Å². The molecule has 0 aromatic heterocycles. The SMILES string of the molecule is Cc1ccc(OCC(=O)N(C)C(C)C(=O)O)c(C)c1. The Morgan fingerprint density at radius 2 is 2.00 bits per heavy atom. The molecule has 1 aromatic carbocycles. The van der Waals surface area contributed by atoms with Crippen LogP contribution in [0.25, 0.3) is 0 Å². The van der Waals surface area contributed by atoms with Crippen molar-refractivity contribution >= 4 is 11.9 Å². The molecule has 1 amide bonds.